The lowest BCUT2D eigenvalue weighted by atomic mass is 9.97. The van der Waals surface area contributed by atoms with Crippen LogP contribution in [-0.2, 0) is 0 Å². The Hall–Kier alpha value is -7.47. The summed E-state index contributed by atoms with van der Waals surface area (Å²) in [6.07, 6.45) is 0. The molecule has 254 valence electrons. The number of aromatic hydroxyl groups is 6. The highest BCUT2D eigenvalue weighted by molar-refractivity contribution is 6.08. The van der Waals surface area contributed by atoms with Crippen LogP contribution < -0.4 is 16.0 Å². The number of hydrogen-bond donors (Lipinski definition) is 9. The van der Waals surface area contributed by atoms with Crippen molar-refractivity contribution in [1.29, 1.82) is 0 Å². The van der Waals surface area contributed by atoms with Crippen LogP contribution in [0.15, 0.2) is 121 Å². The summed E-state index contributed by atoms with van der Waals surface area (Å²) in [5, 5.41) is 67.9. The van der Waals surface area contributed by atoms with E-state index in [-0.39, 0.29) is 16.7 Å². The fraction of sp³-hybridized carbons (Fsp3) is 0. The quantitative estimate of drug-likeness (QED) is 0.0755. The molecule has 0 aliphatic rings. The van der Waals surface area contributed by atoms with Gasteiger partial charge in [-0.05, 0) is 101 Å². The van der Waals surface area contributed by atoms with E-state index < -0.39 is 52.2 Å². The van der Waals surface area contributed by atoms with Gasteiger partial charge in [0.15, 0.2) is 34.5 Å². The largest absolute Gasteiger partial charge is 0.504 e. The summed E-state index contributed by atoms with van der Waals surface area (Å²) in [5.41, 5.74) is 3.52. The van der Waals surface area contributed by atoms with Gasteiger partial charge in [-0.2, -0.15) is 0 Å². The van der Waals surface area contributed by atoms with E-state index in [1.54, 1.807) is 60.7 Å². The Labute approximate surface area is 290 Å². The molecule has 0 aliphatic carbocycles. The van der Waals surface area contributed by atoms with Crippen molar-refractivity contribution in [3.8, 4) is 56.8 Å². The van der Waals surface area contributed by atoms with Crippen LogP contribution in [0, 0.1) is 0 Å². The molecular formula is C39H29N3O9. The van der Waals surface area contributed by atoms with Gasteiger partial charge in [0, 0.05) is 17.1 Å². The molecule has 6 aromatic carbocycles. The van der Waals surface area contributed by atoms with Gasteiger partial charge in [0.1, 0.15) is 0 Å². The van der Waals surface area contributed by atoms with Crippen molar-refractivity contribution in [2.24, 2.45) is 0 Å². The van der Waals surface area contributed by atoms with Gasteiger partial charge >= 0.3 is 0 Å². The lowest BCUT2D eigenvalue weighted by Gasteiger charge is -2.14. The van der Waals surface area contributed by atoms with E-state index in [2.05, 4.69) is 16.0 Å². The van der Waals surface area contributed by atoms with Crippen molar-refractivity contribution in [3.63, 3.8) is 0 Å². The zero-order chi connectivity index (χ0) is 36.2. The first-order valence-electron chi connectivity index (χ1n) is 15.3. The molecular weight excluding hydrogens is 654 g/mol. The van der Waals surface area contributed by atoms with Crippen LogP contribution in [0.4, 0.5) is 17.1 Å². The van der Waals surface area contributed by atoms with Crippen molar-refractivity contribution in [2.45, 2.75) is 0 Å². The average molecular weight is 684 g/mol. The zero-order valence-electron chi connectivity index (χ0n) is 26.5. The van der Waals surface area contributed by atoms with Crippen LogP contribution in [-0.4, -0.2) is 48.4 Å². The maximum Gasteiger partial charge on any atom is 0.259 e. The van der Waals surface area contributed by atoms with Crippen molar-refractivity contribution >= 4 is 34.8 Å². The molecule has 9 N–H and O–H groups in total. The molecule has 0 saturated heterocycles. The molecule has 3 amide bonds. The molecule has 0 fully saturated rings. The number of rotatable bonds is 8. The molecule has 51 heavy (non-hydrogen) atoms. The highest BCUT2D eigenvalue weighted by Gasteiger charge is 2.18. The molecule has 0 bridgehead atoms. The number of nitrogens with one attached hydrogen (secondary N) is 3. The summed E-state index contributed by atoms with van der Waals surface area (Å²) >= 11 is 0. The van der Waals surface area contributed by atoms with Gasteiger partial charge < -0.3 is 46.6 Å². The fourth-order valence-corrected chi connectivity index (χ4v) is 5.26. The van der Waals surface area contributed by atoms with E-state index in [4.69, 9.17) is 0 Å². The Kier molecular flexibility index (Phi) is 9.14. The van der Waals surface area contributed by atoms with E-state index in [0.29, 0.717) is 39.3 Å². The Bertz CT molecular complexity index is 2180. The Morgan fingerprint density at radius 1 is 0.353 bits per heavy atom. The molecule has 0 radical (unpaired) electrons. The number of benzene rings is 6. The van der Waals surface area contributed by atoms with Crippen LogP contribution in [0.25, 0.3) is 22.3 Å². The molecule has 6 aromatic rings. The zero-order valence-corrected chi connectivity index (χ0v) is 26.5. The average Bonchev–Trinajstić information content (AvgIpc) is 3.12. The monoisotopic (exact) mass is 683 g/mol. The molecule has 6 rings (SSSR count). The van der Waals surface area contributed by atoms with Crippen LogP contribution in [0.1, 0.15) is 31.1 Å². The van der Waals surface area contributed by atoms with Gasteiger partial charge in [0.2, 0.25) is 0 Å². The smallest absolute Gasteiger partial charge is 0.259 e. The Balaban J connectivity index is 1.29. The maximum absolute atomic E-state index is 13.2. The second kappa shape index (κ2) is 13.9. The highest BCUT2D eigenvalue weighted by atomic mass is 16.3. The van der Waals surface area contributed by atoms with Crippen LogP contribution >= 0.6 is 0 Å². The summed E-state index contributed by atoms with van der Waals surface area (Å²) in [7, 11) is 0. The topological polar surface area (TPSA) is 209 Å². The SMILES string of the molecule is O=C(Nc1ccc(-c2cc(NC(=O)c3cccc(O)c3O)cc(-c3ccc(NC(=O)c4cccc(O)c4O)cc3)c2)cc1)c1cccc(O)c1O. The highest BCUT2D eigenvalue weighted by Crippen LogP contribution is 2.35. The van der Waals surface area contributed by atoms with Gasteiger partial charge in [-0.3, -0.25) is 14.4 Å². The first-order chi connectivity index (χ1) is 24.5. The maximum atomic E-state index is 13.2. The normalized spacial score (nSPS) is 10.7. The summed E-state index contributed by atoms with van der Waals surface area (Å²) < 4.78 is 0. The summed E-state index contributed by atoms with van der Waals surface area (Å²) in [5.74, 6) is -4.87. The van der Waals surface area contributed by atoms with Crippen molar-refractivity contribution in [2.75, 3.05) is 16.0 Å². The molecule has 0 aliphatic heterocycles. The third kappa shape index (κ3) is 7.20. The number of para-hydroxylation sites is 3. The Morgan fingerprint density at radius 3 is 1.00 bits per heavy atom. The van der Waals surface area contributed by atoms with E-state index >= 15 is 0 Å². The van der Waals surface area contributed by atoms with E-state index in [9.17, 15) is 45.0 Å². The number of amides is 3. The fourth-order valence-electron chi connectivity index (χ4n) is 5.26. The molecule has 0 heterocycles. The predicted molar refractivity (Wildman–Crippen MR) is 190 cm³/mol. The first-order valence-corrected chi connectivity index (χ1v) is 15.3. The first kappa shape index (κ1) is 33.4. The third-order valence-corrected chi connectivity index (χ3v) is 7.92. The predicted octanol–water partition coefficient (Wildman–Crippen LogP) is 7.01. The Morgan fingerprint density at radius 2 is 0.667 bits per heavy atom. The van der Waals surface area contributed by atoms with Crippen LogP contribution in [0.5, 0.6) is 34.5 Å². The lowest BCUT2D eigenvalue weighted by molar-refractivity contribution is 0.101. The van der Waals surface area contributed by atoms with Gasteiger partial charge in [0.05, 0.1) is 16.7 Å². The number of carbonyl (C=O) groups excluding carboxylic acids is 3. The van der Waals surface area contributed by atoms with Gasteiger partial charge in [-0.1, -0.05) is 42.5 Å². The van der Waals surface area contributed by atoms with E-state index in [1.807, 2.05) is 6.07 Å². The van der Waals surface area contributed by atoms with Crippen molar-refractivity contribution in [3.05, 3.63) is 138 Å². The molecule has 0 atom stereocenters. The number of phenolic OH excluding ortho intramolecular Hbond substituents is 6. The summed E-state index contributed by atoms with van der Waals surface area (Å²) in [6, 6.07) is 31.0. The standard InChI is InChI=1S/C39H29N3O9/c43-31-7-1-4-28(34(31)46)37(49)40-25-14-10-21(11-15-25)23-18-24(20-27(19-23)42-39(51)30-6-3-9-33(45)36(30)48)22-12-16-26(17-13-22)41-38(50)29-5-2-8-32(44)35(29)47/h1-20,43-48H,(H,40,49)(H,41,50)(H,42,51). The molecule has 0 spiro atoms. The van der Waals surface area contributed by atoms with Crippen LogP contribution in [0.3, 0.4) is 0 Å². The molecule has 12 heteroatoms. The second-order valence-electron chi connectivity index (χ2n) is 11.3. The van der Waals surface area contributed by atoms with Crippen molar-refractivity contribution in [1.82, 2.24) is 0 Å². The van der Waals surface area contributed by atoms with Gasteiger partial charge in [0.25, 0.3) is 17.7 Å². The molecule has 12 nitrogen and oxygen atoms in total. The molecule has 0 saturated carbocycles. The number of hydrogen-bond acceptors (Lipinski definition) is 9. The number of phenols is 6. The van der Waals surface area contributed by atoms with Crippen LogP contribution in [0.2, 0.25) is 0 Å². The minimum absolute atomic E-state index is 0.104. The summed E-state index contributed by atoms with van der Waals surface area (Å²) in [4.78, 5) is 38.6. The minimum atomic E-state index is -0.673. The number of carbonyl (C=O) groups is 3. The van der Waals surface area contributed by atoms with Crippen molar-refractivity contribution < 1.29 is 45.0 Å². The lowest BCUT2D eigenvalue weighted by Crippen LogP contribution is -2.12. The van der Waals surface area contributed by atoms with Gasteiger partial charge in [-0.15, -0.1) is 0 Å². The molecule has 0 unspecified atom stereocenters. The van der Waals surface area contributed by atoms with E-state index in [1.165, 1.54) is 54.6 Å². The molecule has 0 aromatic heterocycles. The number of anilines is 3. The van der Waals surface area contributed by atoms with Gasteiger partial charge in [-0.25, -0.2) is 0 Å². The van der Waals surface area contributed by atoms with E-state index in [0.717, 1.165) is 0 Å². The minimum Gasteiger partial charge on any atom is -0.504 e. The third-order valence-electron chi connectivity index (χ3n) is 7.92. The summed E-state index contributed by atoms with van der Waals surface area (Å²) in [6.45, 7) is 0. The second-order valence-corrected chi connectivity index (χ2v) is 11.3.